The smallest absolute Gasteiger partial charge is 0.146 e. The molecule has 1 atom stereocenters. The van der Waals surface area contributed by atoms with Gasteiger partial charge in [-0.15, -0.1) is 0 Å². The maximum atomic E-state index is 13.6. The first kappa shape index (κ1) is 12.2. The number of halogens is 1. The molecule has 1 aliphatic carbocycles. The summed E-state index contributed by atoms with van der Waals surface area (Å²) < 4.78 is 13.6. The van der Waals surface area contributed by atoms with Gasteiger partial charge in [-0.25, -0.2) is 4.39 Å². The van der Waals surface area contributed by atoms with Crippen molar-refractivity contribution in [2.45, 2.75) is 32.2 Å². The minimum absolute atomic E-state index is 0.114. The number of benzene rings is 2. The number of hydrogen-bond acceptors (Lipinski definition) is 1. The Labute approximate surface area is 113 Å². The average molecular weight is 255 g/mol. The number of anilines is 1. The molecule has 3 rings (SSSR count). The van der Waals surface area contributed by atoms with Crippen LogP contribution < -0.4 is 5.32 Å². The van der Waals surface area contributed by atoms with E-state index in [-0.39, 0.29) is 11.9 Å². The minimum atomic E-state index is -0.199. The summed E-state index contributed by atoms with van der Waals surface area (Å²) in [4.78, 5) is 0. The SMILES string of the molecule is CC(Nc1ccccc1F)c1ccc2c(c1)CCC2. The largest absolute Gasteiger partial charge is 0.376 e. The molecule has 2 aromatic carbocycles. The predicted octanol–water partition coefficient (Wildman–Crippen LogP) is 4.49. The highest BCUT2D eigenvalue weighted by molar-refractivity contribution is 5.47. The van der Waals surface area contributed by atoms with Crippen LogP contribution in [0.2, 0.25) is 0 Å². The van der Waals surface area contributed by atoms with Gasteiger partial charge in [0.2, 0.25) is 0 Å². The molecule has 19 heavy (non-hydrogen) atoms. The van der Waals surface area contributed by atoms with Gasteiger partial charge < -0.3 is 5.32 Å². The lowest BCUT2D eigenvalue weighted by molar-refractivity contribution is 0.627. The summed E-state index contributed by atoms with van der Waals surface area (Å²) in [6.07, 6.45) is 3.63. The lowest BCUT2D eigenvalue weighted by atomic mass is 10.0. The van der Waals surface area contributed by atoms with Crippen LogP contribution >= 0.6 is 0 Å². The quantitative estimate of drug-likeness (QED) is 0.852. The van der Waals surface area contributed by atoms with E-state index in [0.717, 1.165) is 0 Å². The minimum Gasteiger partial charge on any atom is -0.376 e. The lowest BCUT2D eigenvalue weighted by Gasteiger charge is -2.17. The van der Waals surface area contributed by atoms with Crippen LogP contribution in [0.4, 0.5) is 10.1 Å². The van der Waals surface area contributed by atoms with Crippen molar-refractivity contribution in [3.8, 4) is 0 Å². The Morgan fingerprint density at radius 3 is 2.68 bits per heavy atom. The molecule has 2 heteroatoms. The molecule has 0 heterocycles. The van der Waals surface area contributed by atoms with Crippen molar-refractivity contribution < 1.29 is 4.39 Å². The van der Waals surface area contributed by atoms with Gasteiger partial charge in [-0.05, 0) is 55.0 Å². The Morgan fingerprint density at radius 1 is 1.05 bits per heavy atom. The van der Waals surface area contributed by atoms with E-state index >= 15 is 0 Å². The van der Waals surface area contributed by atoms with Crippen molar-refractivity contribution in [3.63, 3.8) is 0 Å². The van der Waals surface area contributed by atoms with Crippen molar-refractivity contribution in [1.82, 2.24) is 0 Å². The van der Waals surface area contributed by atoms with Gasteiger partial charge in [0.1, 0.15) is 5.82 Å². The number of rotatable bonds is 3. The van der Waals surface area contributed by atoms with E-state index in [2.05, 4.69) is 30.4 Å². The van der Waals surface area contributed by atoms with Crippen LogP contribution in [0, 0.1) is 5.82 Å². The molecule has 0 bridgehead atoms. The van der Waals surface area contributed by atoms with Crippen molar-refractivity contribution in [2.75, 3.05) is 5.32 Å². The Bertz CT molecular complexity index is 592. The van der Waals surface area contributed by atoms with E-state index in [1.54, 1.807) is 12.1 Å². The topological polar surface area (TPSA) is 12.0 Å². The fourth-order valence-electron chi connectivity index (χ4n) is 2.76. The summed E-state index contributed by atoms with van der Waals surface area (Å²) >= 11 is 0. The van der Waals surface area contributed by atoms with Crippen LogP contribution in [-0.4, -0.2) is 0 Å². The molecule has 0 saturated heterocycles. The van der Waals surface area contributed by atoms with Crippen LogP contribution in [0.5, 0.6) is 0 Å². The fraction of sp³-hybridized carbons (Fsp3) is 0.294. The summed E-state index contributed by atoms with van der Waals surface area (Å²) in [5.41, 5.74) is 4.72. The molecule has 1 aliphatic rings. The van der Waals surface area contributed by atoms with E-state index in [0.29, 0.717) is 5.69 Å². The Hall–Kier alpha value is -1.83. The monoisotopic (exact) mass is 255 g/mol. The molecule has 1 unspecified atom stereocenters. The van der Waals surface area contributed by atoms with Crippen LogP contribution in [0.1, 0.15) is 36.1 Å². The molecule has 0 aliphatic heterocycles. The van der Waals surface area contributed by atoms with Gasteiger partial charge in [0.05, 0.1) is 5.69 Å². The molecular formula is C17H18FN. The average Bonchev–Trinajstić information content (AvgIpc) is 2.88. The Morgan fingerprint density at radius 2 is 1.84 bits per heavy atom. The Kier molecular flexibility index (Phi) is 3.24. The highest BCUT2D eigenvalue weighted by Gasteiger charge is 2.14. The third-order valence-electron chi connectivity index (χ3n) is 3.87. The second kappa shape index (κ2) is 5.04. The summed E-state index contributed by atoms with van der Waals surface area (Å²) in [6.45, 7) is 2.07. The van der Waals surface area contributed by atoms with Gasteiger partial charge in [-0.2, -0.15) is 0 Å². The summed E-state index contributed by atoms with van der Waals surface area (Å²) in [7, 11) is 0. The Balaban J connectivity index is 1.81. The maximum absolute atomic E-state index is 13.6. The predicted molar refractivity (Wildman–Crippen MR) is 76.9 cm³/mol. The molecular weight excluding hydrogens is 237 g/mol. The van der Waals surface area contributed by atoms with Gasteiger partial charge >= 0.3 is 0 Å². The van der Waals surface area contributed by atoms with Gasteiger partial charge in [-0.1, -0.05) is 30.3 Å². The first-order valence-corrected chi connectivity index (χ1v) is 6.87. The summed E-state index contributed by atoms with van der Waals surface area (Å²) in [5, 5.41) is 3.24. The molecule has 0 saturated carbocycles. The lowest BCUT2D eigenvalue weighted by Crippen LogP contribution is -2.08. The van der Waals surface area contributed by atoms with Crippen LogP contribution in [0.15, 0.2) is 42.5 Å². The van der Waals surface area contributed by atoms with Crippen molar-refractivity contribution in [1.29, 1.82) is 0 Å². The summed E-state index contributed by atoms with van der Waals surface area (Å²) in [5.74, 6) is -0.199. The zero-order valence-corrected chi connectivity index (χ0v) is 11.1. The van der Waals surface area contributed by atoms with E-state index in [1.807, 2.05) is 6.07 Å². The van der Waals surface area contributed by atoms with E-state index in [1.165, 1.54) is 42.0 Å². The summed E-state index contributed by atoms with van der Waals surface area (Å²) in [6, 6.07) is 13.6. The van der Waals surface area contributed by atoms with Crippen LogP contribution in [0.25, 0.3) is 0 Å². The van der Waals surface area contributed by atoms with Crippen molar-refractivity contribution in [2.24, 2.45) is 0 Å². The van der Waals surface area contributed by atoms with E-state index in [4.69, 9.17) is 0 Å². The molecule has 1 nitrogen and oxygen atoms in total. The zero-order valence-electron chi connectivity index (χ0n) is 11.1. The van der Waals surface area contributed by atoms with Gasteiger partial charge in [0, 0.05) is 6.04 Å². The highest BCUT2D eigenvalue weighted by Crippen LogP contribution is 2.27. The highest BCUT2D eigenvalue weighted by atomic mass is 19.1. The number of fused-ring (bicyclic) bond motifs is 1. The van der Waals surface area contributed by atoms with Gasteiger partial charge in [0.15, 0.2) is 0 Å². The number of aryl methyl sites for hydroxylation is 2. The molecule has 0 radical (unpaired) electrons. The molecule has 0 fully saturated rings. The third kappa shape index (κ3) is 2.48. The molecule has 2 aromatic rings. The first-order chi connectivity index (χ1) is 9.24. The maximum Gasteiger partial charge on any atom is 0.146 e. The van der Waals surface area contributed by atoms with Gasteiger partial charge in [-0.3, -0.25) is 0 Å². The number of hydrogen-bond donors (Lipinski definition) is 1. The zero-order chi connectivity index (χ0) is 13.2. The van der Waals surface area contributed by atoms with E-state index in [9.17, 15) is 4.39 Å². The molecule has 0 amide bonds. The first-order valence-electron chi connectivity index (χ1n) is 6.87. The molecule has 1 N–H and O–H groups in total. The van der Waals surface area contributed by atoms with Crippen molar-refractivity contribution in [3.05, 3.63) is 65.0 Å². The standard InChI is InChI=1S/C17H18FN/c1-12(19-17-8-3-2-7-16(17)18)14-10-9-13-5-4-6-15(13)11-14/h2-3,7-12,19H,4-6H2,1H3. The third-order valence-corrected chi connectivity index (χ3v) is 3.87. The van der Waals surface area contributed by atoms with Gasteiger partial charge in [0.25, 0.3) is 0 Å². The van der Waals surface area contributed by atoms with Crippen LogP contribution in [0.3, 0.4) is 0 Å². The second-order valence-electron chi connectivity index (χ2n) is 5.23. The fourth-order valence-corrected chi connectivity index (χ4v) is 2.76. The molecule has 0 spiro atoms. The van der Waals surface area contributed by atoms with Crippen molar-refractivity contribution >= 4 is 5.69 Å². The van der Waals surface area contributed by atoms with Crippen LogP contribution in [-0.2, 0) is 12.8 Å². The van der Waals surface area contributed by atoms with E-state index < -0.39 is 0 Å². The molecule has 98 valence electrons. The normalized spacial score (nSPS) is 15.1. The molecule has 0 aromatic heterocycles. The number of nitrogens with one attached hydrogen (secondary N) is 1. The second-order valence-corrected chi connectivity index (χ2v) is 5.23. The number of para-hydroxylation sites is 1.